The summed E-state index contributed by atoms with van der Waals surface area (Å²) in [5.41, 5.74) is 3.79. The van der Waals surface area contributed by atoms with Crippen LogP contribution in [0, 0.1) is 13.8 Å². The van der Waals surface area contributed by atoms with Gasteiger partial charge in [-0.2, -0.15) is 5.10 Å². The summed E-state index contributed by atoms with van der Waals surface area (Å²) in [5.74, 6) is 0. The zero-order valence-corrected chi connectivity index (χ0v) is 11.5. The largest absolute Gasteiger partial charge is 0.380 e. The molecule has 1 aromatic heterocycles. The average molecular weight is 239 g/mol. The molecule has 1 rings (SSSR count). The molecule has 0 unspecified atom stereocenters. The second-order valence-electron chi connectivity index (χ2n) is 4.34. The Labute approximate surface area is 104 Å². The van der Waals surface area contributed by atoms with Gasteiger partial charge in [-0.25, -0.2) is 0 Å². The van der Waals surface area contributed by atoms with Crippen LogP contribution in [0.1, 0.15) is 30.3 Å². The van der Waals surface area contributed by atoms with E-state index in [0.29, 0.717) is 0 Å². The molecule has 1 aromatic rings. The first kappa shape index (κ1) is 14.2. The lowest BCUT2D eigenvalue weighted by Crippen LogP contribution is -2.12. The number of aryl methyl sites for hydroxylation is 1. The molecule has 0 radical (unpaired) electrons. The van der Waals surface area contributed by atoms with E-state index in [1.54, 1.807) is 0 Å². The zero-order valence-electron chi connectivity index (χ0n) is 11.5. The van der Waals surface area contributed by atoms with Gasteiger partial charge >= 0.3 is 0 Å². The minimum atomic E-state index is 0.751. The number of nitrogens with zero attached hydrogens (tertiary/aromatic N) is 2. The quantitative estimate of drug-likeness (QED) is 0.702. The van der Waals surface area contributed by atoms with Crippen LogP contribution in [0.3, 0.4) is 0 Å². The van der Waals surface area contributed by atoms with Crippen LogP contribution in [0.5, 0.6) is 0 Å². The first-order chi connectivity index (χ1) is 8.20. The Morgan fingerprint density at radius 2 is 2.06 bits per heavy atom. The van der Waals surface area contributed by atoms with Crippen molar-refractivity contribution in [3.63, 3.8) is 0 Å². The van der Waals surface area contributed by atoms with Gasteiger partial charge in [0.05, 0.1) is 18.8 Å². The fourth-order valence-electron chi connectivity index (χ4n) is 1.96. The second kappa shape index (κ2) is 7.45. The van der Waals surface area contributed by atoms with Gasteiger partial charge < -0.3 is 10.1 Å². The highest BCUT2D eigenvalue weighted by atomic mass is 16.5. The number of rotatable bonds is 8. The molecule has 4 nitrogen and oxygen atoms in total. The summed E-state index contributed by atoms with van der Waals surface area (Å²) in [6.07, 6.45) is 2.12. The Balaban J connectivity index is 2.55. The molecule has 0 aliphatic heterocycles. The molecular formula is C13H25N3O. The molecular weight excluding hydrogens is 214 g/mol. The Bertz CT molecular complexity index is 334. The van der Waals surface area contributed by atoms with Crippen LogP contribution in [0.25, 0.3) is 0 Å². The number of nitrogens with one attached hydrogen (secondary N) is 1. The van der Waals surface area contributed by atoms with Crippen molar-refractivity contribution in [2.45, 2.75) is 40.2 Å². The van der Waals surface area contributed by atoms with Crippen LogP contribution in [0.15, 0.2) is 0 Å². The van der Waals surface area contributed by atoms with Crippen molar-refractivity contribution in [2.75, 3.05) is 26.8 Å². The topological polar surface area (TPSA) is 39.1 Å². The smallest absolute Gasteiger partial charge is 0.0662 e. The predicted octanol–water partition coefficient (Wildman–Crippen LogP) is 1.69. The van der Waals surface area contributed by atoms with Crippen molar-refractivity contribution in [1.82, 2.24) is 15.1 Å². The van der Waals surface area contributed by atoms with E-state index in [0.717, 1.165) is 44.8 Å². The minimum absolute atomic E-state index is 0.751. The van der Waals surface area contributed by atoms with Crippen LogP contribution in [-0.2, 0) is 17.7 Å². The van der Waals surface area contributed by atoms with Crippen LogP contribution in [-0.4, -0.2) is 36.6 Å². The summed E-state index contributed by atoms with van der Waals surface area (Å²) in [4.78, 5) is 0. The van der Waals surface area contributed by atoms with E-state index >= 15 is 0 Å². The third-order valence-corrected chi connectivity index (χ3v) is 2.95. The van der Waals surface area contributed by atoms with E-state index in [9.17, 15) is 0 Å². The van der Waals surface area contributed by atoms with Crippen LogP contribution < -0.4 is 5.32 Å². The number of hydrogen-bond acceptors (Lipinski definition) is 3. The predicted molar refractivity (Wildman–Crippen MR) is 70.4 cm³/mol. The summed E-state index contributed by atoms with van der Waals surface area (Å²) in [6.45, 7) is 9.80. The summed E-state index contributed by atoms with van der Waals surface area (Å²) in [5, 5.41) is 7.75. The lowest BCUT2D eigenvalue weighted by atomic mass is 10.1. The molecule has 0 amide bonds. The number of hydrogen-bond donors (Lipinski definition) is 1. The van der Waals surface area contributed by atoms with Crippen molar-refractivity contribution in [2.24, 2.45) is 0 Å². The summed E-state index contributed by atoms with van der Waals surface area (Å²) >= 11 is 0. The van der Waals surface area contributed by atoms with E-state index in [1.165, 1.54) is 11.3 Å². The van der Waals surface area contributed by atoms with E-state index in [4.69, 9.17) is 4.74 Å². The van der Waals surface area contributed by atoms with Gasteiger partial charge in [-0.15, -0.1) is 0 Å². The SMILES string of the molecule is CCCOCCn1nc(C)c(CCNC)c1C. The molecule has 0 atom stereocenters. The number of aromatic nitrogens is 2. The first-order valence-corrected chi connectivity index (χ1v) is 6.46. The van der Waals surface area contributed by atoms with Gasteiger partial charge in [-0.1, -0.05) is 6.92 Å². The van der Waals surface area contributed by atoms with Gasteiger partial charge in [0.25, 0.3) is 0 Å². The maximum Gasteiger partial charge on any atom is 0.0662 e. The standard InChI is InChI=1S/C13H25N3O/c1-5-9-17-10-8-16-12(3)13(6-7-14-4)11(2)15-16/h14H,5-10H2,1-4H3. The Morgan fingerprint density at radius 1 is 1.29 bits per heavy atom. The van der Waals surface area contributed by atoms with E-state index < -0.39 is 0 Å². The number of likely N-dealkylation sites (N-methyl/N-ethyl adjacent to an activating group) is 1. The van der Waals surface area contributed by atoms with Crippen molar-refractivity contribution in [1.29, 1.82) is 0 Å². The highest BCUT2D eigenvalue weighted by Gasteiger charge is 2.10. The van der Waals surface area contributed by atoms with Gasteiger partial charge in [-0.3, -0.25) is 4.68 Å². The Morgan fingerprint density at radius 3 is 2.71 bits per heavy atom. The lowest BCUT2D eigenvalue weighted by Gasteiger charge is -2.06. The fraction of sp³-hybridized carbons (Fsp3) is 0.769. The molecule has 98 valence electrons. The molecule has 0 aliphatic rings. The third-order valence-electron chi connectivity index (χ3n) is 2.95. The second-order valence-corrected chi connectivity index (χ2v) is 4.34. The van der Waals surface area contributed by atoms with E-state index in [2.05, 4.69) is 35.9 Å². The molecule has 0 fully saturated rings. The molecule has 17 heavy (non-hydrogen) atoms. The third kappa shape index (κ3) is 4.13. The van der Waals surface area contributed by atoms with Crippen molar-refractivity contribution < 1.29 is 4.74 Å². The van der Waals surface area contributed by atoms with E-state index in [-0.39, 0.29) is 0 Å². The van der Waals surface area contributed by atoms with E-state index in [1.807, 2.05) is 7.05 Å². The highest BCUT2D eigenvalue weighted by molar-refractivity contribution is 5.24. The zero-order chi connectivity index (χ0) is 12.7. The van der Waals surface area contributed by atoms with Gasteiger partial charge in [-0.05, 0) is 45.8 Å². The van der Waals surface area contributed by atoms with Crippen LogP contribution in [0.2, 0.25) is 0 Å². The summed E-state index contributed by atoms with van der Waals surface area (Å²) in [6, 6.07) is 0. The molecule has 1 heterocycles. The molecule has 4 heteroatoms. The Hall–Kier alpha value is -0.870. The lowest BCUT2D eigenvalue weighted by molar-refractivity contribution is 0.124. The molecule has 0 bridgehead atoms. The molecule has 0 spiro atoms. The maximum atomic E-state index is 5.50. The van der Waals surface area contributed by atoms with Gasteiger partial charge in [0.1, 0.15) is 0 Å². The van der Waals surface area contributed by atoms with Crippen molar-refractivity contribution in [3.8, 4) is 0 Å². The Kier molecular flexibility index (Phi) is 6.22. The van der Waals surface area contributed by atoms with Crippen molar-refractivity contribution >= 4 is 0 Å². The number of ether oxygens (including phenoxy) is 1. The fourth-order valence-corrected chi connectivity index (χ4v) is 1.96. The summed E-state index contributed by atoms with van der Waals surface area (Å²) < 4.78 is 7.56. The highest BCUT2D eigenvalue weighted by Crippen LogP contribution is 2.13. The normalized spacial score (nSPS) is 11.1. The van der Waals surface area contributed by atoms with Crippen LogP contribution >= 0.6 is 0 Å². The molecule has 0 aliphatic carbocycles. The maximum absolute atomic E-state index is 5.50. The first-order valence-electron chi connectivity index (χ1n) is 6.46. The molecule has 1 N–H and O–H groups in total. The molecule has 0 aromatic carbocycles. The van der Waals surface area contributed by atoms with Gasteiger partial charge in [0.2, 0.25) is 0 Å². The van der Waals surface area contributed by atoms with Crippen molar-refractivity contribution in [3.05, 3.63) is 17.0 Å². The molecule has 0 saturated carbocycles. The summed E-state index contributed by atoms with van der Waals surface area (Å²) in [7, 11) is 1.98. The van der Waals surface area contributed by atoms with Gasteiger partial charge in [0, 0.05) is 12.3 Å². The van der Waals surface area contributed by atoms with Gasteiger partial charge in [0.15, 0.2) is 0 Å². The van der Waals surface area contributed by atoms with Crippen LogP contribution in [0.4, 0.5) is 0 Å². The average Bonchev–Trinajstić information content (AvgIpc) is 2.58. The monoisotopic (exact) mass is 239 g/mol. The molecule has 0 saturated heterocycles. The minimum Gasteiger partial charge on any atom is -0.380 e.